The number of hydrogen-bond donors (Lipinski definition) is 1. The minimum Gasteiger partial charge on any atom is -0.351 e. The van der Waals surface area contributed by atoms with E-state index in [4.69, 9.17) is 0 Å². The first-order valence-corrected chi connectivity index (χ1v) is 7.87. The molecular formula is C19H23FN2O. The Labute approximate surface area is 137 Å². The lowest BCUT2D eigenvalue weighted by atomic mass is 10.1. The molecule has 0 heterocycles. The van der Waals surface area contributed by atoms with Gasteiger partial charge in [-0.25, -0.2) is 4.39 Å². The predicted molar refractivity (Wildman–Crippen MR) is 90.5 cm³/mol. The van der Waals surface area contributed by atoms with Crippen LogP contribution in [0.5, 0.6) is 0 Å². The lowest BCUT2D eigenvalue weighted by Crippen LogP contribution is -2.35. The molecule has 122 valence electrons. The molecular weight excluding hydrogens is 291 g/mol. The molecule has 0 aliphatic carbocycles. The number of carbonyl (C=O) groups is 1. The number of hydrogen-bond acceptors (Lipinski definition) is 2. The third-order valence-corrected chi connectivity index (χ3v) is 3.66. The second-order valence-electron chi connectivity index (χ2n) is 5.73. The molecule has 23 heavy (non-hydrogen) atoms. The number of benzene rings is 2. The second-order valence-corrected chi connectivity index (χ2v) is 5.73. The maximum absolute atomic E-state index is 12.8. The molecule has 0 aromatic heterocycles. The Bertz CT molecular complexity index is 599. The molecule has 0 unspecified atom stereocenters. The second kappa shape index (κ2) is 9.06. The van der Waals surface area contributed by atoms with Crippen LogP contribution in [-0.2, 0) is 17.8 Å². The van der Waals surface area contributed by atoms with E-state index in [1.807, 2.05) is 30.1 Å². The normalized spacial score (nSPS) is 10.7. The molecule has 0 atom stereocenters. The average molecular weight is 314 g/mol. The highest BCUT2D eigenvalue weighted by Gasteiger charge is 2.06. The van der Waals surface area contributed by atoms with E-state index in [1.54, 1.807) is 12.1 Å². The Morgan fingerprint density at radius 2 is 1.74 bits per heavy atom. The van der Waals surface area contributed by atoms with E-state index in [0.29, 0.717) is 13.1 Å². The highest BCUT2D eigenvalue weighted by Crippen LogP contribution is 2.04. The Hall–Kier alpha value is -2.20. The molecule has 0 saturated heterocycles. The zero-order valence-corrected chi connectivity index (χ0v) is 13.5. The zero-order valence-electron chi connectivity index (χ0n) is 13.5. The van der Waals surface area contributed by atoms with E-state index in [9.17, 15) is 9.18 Å². The molecule has 0 bridgehead atoms. The van der Waals surface area contributed by atoms with Gasteiger partial charge in [0.05, 0.1) is 6.54 Å². The van der Waals surface area contributed by atoms with Crippen molar-refractivity contribution in [3.8, 4) is 0 Å². The van der Waals surface area contributed by atoms with Crippen LogP contribution in [0.15, 0.2) is 54.6 Å². The van der Waals surface area contributed by atoms with Crippen molar-refractivity contribution in [2.24, 2.45) is 0 Å². The molecule has 0 fully saturated rings. The van der Waals surface area contributed by atoms with Crippen LogP contribution >= 0.6 is 0 Å². The van der Waals surface area contributed by atoms with E-state index in [2.05, 4.69) is 17.4 Å². The molecule has 1 N–H and O–H groups in total. The van der Waals surface area contributed by atoms with Gasteiger partial charge in [-0.15, -0.1) is 0 Å². The van der Waals surface area contributed by atoms with E-state index in [0.717, 1.165) is 24.9 Å². The number of nitrogens with one attached hydrogen (secondary N) is 1. The first-order chi connectivity index (χ1) is 11.1. The first-order valence-electron chi connectivity index (χ1n) is 7.87. The summed E-state index contributed by atoms with van der Waals surface area (Å²) in [5, 5.41) is 2.85. The number of nitrogens with zero attached hydrogens (tertiary/aromatic N) is 1. The topological polar surface area (TPSA) is 32.3 Å². The number of likely N-dealkylation sites (N-methyl/N-ethyl adjacent to an activating group) is 1. The number of aryl methyl sites for hydroxylation is 1. The zero-order chi connectivity index (χ0) is 16.5. The van der Waals surface area contributed by atoms with Gasteiger partial charge in [-0.1, -0.05) is 42.5 Å². The van der Waals surface area contributed by atoms with E-state index >= 15 is 0 Å². The fraction of sp³-hybridized carbons (Fsp3) is 0.316. The molecule has 0 radical (unpaired) electrons. The Kier molecular flexibility index (Phi) is 6.76. The van der Waals surface area contributed by atoms with Crippen molar-refractivity contribution in [2.75, 3.05) is 20.1 Å². The summed E-state index contributed by atoms with van der Waals surface area (Å²) >= 11 is 0. The van der Waals surface area contributed by atoms with Gasteiger partial charge in [0.2, 0.25) is 5.91 Å². The molecule has 0 spiro atoms. The fourth-order valence-electron chi connectivity index (χ4n) is 2.38. The number of carbonyl (C=O) groups excluding carboxylic acids is 1. The van der Waals surface area contributed by atoms with Gasteiger partial charge in [-0.2, -0.15) is 0 Å². The number of rotatable bonds is 8. The Morgan fingerprint density at radius 3 is 2.43 bits per heavy atom. The van der Waals surface area contributed by atoms with Crippen LogP contribution in [0.4, 0.5) is 4.39 Å². The van der Waals surface area contributed by atoms with Crippen molar-refractivity contribution < 1.29 is 9.18 Å². The predicted octanol–water partition coefficient (Wildman–Crippen LogP) is 3.01. The smallest absolute Gasteiger partial charge is 0.234 e. The standard InChI is InChI=1S/C19H23FN2O/c1-22(13-5-8-16-6-3-2-4-7-16)15-19(23)21-14-17-9-11-18(20)12-10-17/h2-4,6-7,9-12H,5,8,13-15H2,1H3,(H,21,23). The van der Waals surface area contributed by atoms with Crippen LogP contribution in [0, 0.1) is 5.82 Å². The van der Waals surface area contributed by atoms with E-state index in [1.165, 1.54) is 17.7 Å². The monoisotopic (exact) mass is 314 g/mol. The summed E-state index contributed by atoms with van der Waals surface area (Å²) in [6.45, 7) is 1.67. The first kappa shape index (κ1) is 17.2. The molecule has 0 aliphatic heterocycles. The maximum atomic E-state index is 12.8. The average Bonchev–Trinajstić information content (AvgIpc) is 2.55. The maximum Gasteiger partial charge on any atom is 0.234 e. The van der Waals surface area contributed by atoms with Crippen LogP contribution in [0.1, 0.15) is 17.5 Å². The van der Waals surface area contributed by atoms with Crippen molar-refractivity contribution in [1.82, 2.24) is 10.2 Å². The quantitative estimate of drug-likeness (QED) is 0.812. The van der Waals surface area contributed by atoms with Crippen molar-refractivity contribution >= 4 is 5.91 Å². The minimum absolute atomic E-state index is 0.0171. The molecule has 2 aromatic carbocycles. The van der Waals surface area contributed by atoms with Gasteiger partial charge < -0.3 is 5.32 Å². The van der Waals surface area contributed by atoms with Gasteiger partial charge in [0.15, 0.2) is 0 Å². The van der Waals surface area contributed by atoms with Crippen molar-refractivity contribution in [2.45, 2.75) is 19.4 Å². The molecule has 0 aliphatic rings. The Morgan fingerprint density at radius 1 is 1.04 bits per heavy atom. The summed E-state index contributed by atoms with van der Waals surface area (Å²) in [7, 11) is 1.95. The Balaban J connectivity index is 1.63. The summed E-state index contributed by atoms with van der Waals surface area (Å²) < 4.78 is 12.8. The molecule has 4 heteroatoms. The van der Waals surface area contributed by atoms with Crippen molar-refractivity contribution in [3.05, 3.63) is 71.5 Å². The summed E-state index contributed by atoms with van der Waals surface area (Å²) in [4.78, 5) is 13.9. The highest BCUT2D eigenvalue weighted by atomic mass is 19.1. The number of halogens is 1. The van der Waals surface area contributed by atoms with Crippen LogP contribution < -0.4 is 5.32 Å². The third kappa shape index (κ3) is 6.61. The van der Waals surface area contributed by atoms with Gasteiger partial charge >= 0.3 is 0 Å². The van der Waals surface area contributed by atoms with Gasteiger partial charge in [-0.3, -0.25) is 9.69 Å². The van der Waals surface area contributed by atoms with Gasteiger partial charge in [0.1, 0.15) is 5.82 Å². The minimum atomic E-state index is -0.266. The van der Waals surface area contributed by atoms with Gasteiger partial charge in [-0.05, 0) is 49.7 Å². The van der Waals surface area contributed by atoms with Gasteiger partial charge in [0, 0.05) is 6.54 Å². The van der Waals surface area contributed by atoms with Crippen LogP contribution in [0.2, 0.25) is 0 Å². The van der Waals surface area contributed by atoms with E-state index in [-0.39, 0.29) is 11.7 Å². The summed E-state index contributed by atoms with van der Waals surface area (Å²) in [5.41, 5.74) is 2.22. The van der Waals surface area contributed by atoms with Crippen LogP contribution in [0.3, 0.4) is 0 Å². The molecule has 1 amide bonds. The summed E-state index contributed by atoms with van der Waals surface area (Å²) in [6, 6.07) is 16.5. The van der Waals surface area contributed by atoms with Crippen molar-refractivity contribution in [1.29, 1.82) is 0 Å². The van der Waals surface area contributed by atoms with Crippen LogP contribution in [0.25, 0.3) is 0 Å². The summed E-state index contributed by atoms with van der Waals surface area (Å²) in [6.07, 6.45) is 2.04. The molecule has 2 aromatic rings. The molecule has 0 saturated carbocycles. The number of amides is 1. The van der Waals surface area contributed by atoms with Crippen LogP contribution in [-0.4, -0.2) is 30.9 Å². The summed E-state index contributed by atoms with van der Waals surface area (Å²) in [5.74, 6) is -0.283. The molecule has 3 nitrogen and oxygen atoms in total. The fourth-order valence-corrected chi connectivity index (χ4v) is 2.38. The SMILES string of the molecule is CN(CCCc1ccccc1)CC(=O)NCc1ccc(F)cc1. The highest BCUT2D eigenvalue weighted by molar-refractivity contribution is 5.77. The lowest BCUT2D eigenvalue weighted by molar-refractivity contribution is -0.122. The largest absolute Gasteiger partial charge is 0.351 e. The third-order valence-electron chi connectivity index (χ3n) is 3.66. The molecule has 2 rings (SSSR count). The van der Waals surface area contributed by atoms with E-state index < -0.39 is 0 Å². The van der Waals surface area contributed by atoms with Crippen molar-refractivity contribution in [3.63, 3.8) is 0 Å². The van der Waals surface area contributed by atoms with Gasteiger partial charge in [0.25, 0.3) is 0 Å². The lowest BCUT2D eigenvalue weighted by Gasteiger charge is -2.16.